The second-order valence-electron chi connectivity index (χ2n) is 4.70. The van der Waals surface area contributed by atoms with E-state index in [0.717, 1.165) is 17.9 Å². The van der Waals surface area contributed by atoms with E-state index in [9.17, 15) is 0 Å². The van der Waals surface area contributed by atoms with Gasteiger partial charge in [0.15, 0.2) is 0 Å². The van der Waals surface area contributed by atoms with Crippen LogP contribution < -0.4 is 10.5 Å². The number of anilines is 1. The van der Waals surface area contributed by atoms with Gasteiger partial charge in [-0.2, -0.15) is 0 Å². The molecular weight excluding hydrogens is 210 g/mol. The monoisotopic (exact) mass is 235 g/mol. The molecule has 0 radical (unpaired) electrons. The quantitative estimate of drug-likeness (QED) is 0.535. The van der Waals surface area contributed by atoms with Crippen LogP contribution in [0, 0.1) is 0 Å². The molecule has 0 aromatic heterocycles. The number of nitrogens with two attached hydrogens (primary N) is 1. The van der Waals surface area contributed by atoms with Crippen LogP contribution in [0.5, 0.6) is 5.75 Å². The second kappa shape index (κ2) is 7.99. The fraction of sp³-hybridized carbons (Fsp3) is 0.600. The van der Waals surface area contributed by atoms with Crippen molar-refractivity contribution >= 4 is 5.69 Å². The van der Waals surface area contributed by atoms with E-state index in [1.165, 1.54) is 32.1 Å². The summed E-state index contributed by atoms with van der Waals surface area (Å²) in [5, 5.41) is 0. The first-order chi connectivity index (χ1) is 8.22. The number of hydrogen-bond donors (Lipinski definition) is 1. The first-order valence-corrected chi connectivity index (χ1v) is 6.74. The fourth-order valence-corrected chi connectivity index (χ4v) is 1.87. The lowest BCUT2D eigenvalue weighted by Gasteiger charge is -2.14. The summed E-state index contributed by atoms with van der Waals surface area (Å²) in [4.78, 5) is 0. The number of benzene rings is 1. The molecule has 1 unspecified atom stereocenters. The summed E-state index contributed by atoms with van der Waals surface area (Å²) in [6.07, 6.45) is 8.02. The zero-order chi connectivity index (χ0) is 12.5. The molecule has 0 saturated heterocycles. The second-order valence-corrected chi connectivity index (χ2v) is 4.70. The predicted molar refractivity (Wildman–Crippen MR) is 74.3 cm³/mol. The lowest BCUT2D eigenvalue weighted by Crippen LogP contribution is -2.11. The van der Waals surface area contributed by atoms with E-state index in [2.05, 4.69) is 13.8 Å². The Bertz CT molecular complexity index is 294. The van der Waals surface area contributed by atoms with Crippen LogP contribution in [0.4, 0.5) is 5.69 Å². The molecule has 2 nitrogen and oxygen atoms in total. The number of unbranched alkanes of at least 4 members (excludes halogenated alkanes) is 4. The highest BCUT2D eigenvalue weighted by Gasteiger charge is 2.03. The molecule has 1 atom stereocenters. The first-order valence-electron chi connectivity index (χ1n) is 6.74. The largest absolute Gasteiger partial charge is 0.491 e. The average molecular weight is 235 g/mol. The third kappa shape index (κ3) is 6.20. The van der Waals surface area contributed by atoms with Crippen LogP contribution in [0.15, 0.2) is 24.3 Å². The highest BCUT2D eigenvalue weighted by molar-refractivity contribution is 5.41. The van der Waals surface area contributed by atoms with Crippen molar-refractivity contribution < 1.29 is 4.74 Å². The summed E-state index contributed by atoms with van der Waals surface area (Å²) < 4.78 is 5.82. The Labute approximate surface area is 105 Å². The highest BCUT2D eigenvalue weighted by Crippen LogP contribution is 2.17. The van der Waals surface area contributed by atoms with Crippen LogP contribution >= 0.6 is 0 Å². The smallest absolute Gasteiger partial charge is 0.119 e. The summed E-state index contributed by atoms with van der Waals surface area (Å²) in [7, 11) is 0. The van der Waals surface area contributed by atoms with Crippen molar-refractivity contribution in [2.45, 2.75) is 58.5 Å². The SMILES string of the molecule is CCCCCCCC(C)Oc1ccc(N)cc1. The van der Waals surface area contributed by atoms with Crippen LogP contribution in [0.1, 0.15) is 52.4 Å². The van der Waals surface area contributed by atoms with Crippen molar-refractivity contribution in [1.82, 2.24) is 0 Å². The van der Waals surface area contributed by atoms with Gasteiger partial charge in [0.2, 0.25) is 0 Å². The number of ether oxygens (including phenoxy) is 1. The van der Waals surface area contributed by atoms with Gasteiger partial charge >= 0.3 is 0 Å². The molecule has 1 aromatic carbocycles. The summed E-state index contributed by atoms with van der Waals surface area (Å²) in [5.74, 6) is 0.917. The fourth-order valence-electron chi connectivity index (χ4n) is 1.87. The van der Waals surface area contributed by atoms with Crippen LogP contribution in [-0.2, 0) is 0 Å². The van der Waals surface area contributed by atoms with Gasteiger partial charge in [-0.15, -0.1) is 0 Å². The third-order valence-corrected chi connectivity index (χ3v) is 2.93. The molecule has 1 aromatic rings. The topological polar surface area (TPSA) is 35.2 Å². The molecule has 17 heavy (non-hydrogen) atoms. The maximum Gasteiger partial charge on any atom is 0.119 e. The molecule has 0 aliphatic rings. The van der Waals surface area contributed by atoms with Gasteiger partial charge < -0.3 is 10.5 Å². The zero-order valence-electron chi connectivity index (χ0n) is 11.1. The van der Waals surface area contributed by atoms with Crippen LogP contribution in [0.3, 0.4) is 0 Å². The Balaban J connectivity index is 2.16. The average Bonchev–Trinajstić information content (AvgIpc) is 2.32. The van der Waals surface area contributed by atoms with Crippen molar-refractivity contribution in [1.29, 1.82) is 0 Å². The molecule has 0 heterocycles. The van der Waals surface area contributed by atoms with Crippen molar-refractivity contribution in [3.05, 3.63) is 24.3 Å². The van der Waals surface area contributed by atoms with Gasteiger partial charge in [-0.3, -0.25) is 0 Å². The van der Waals surface area contributed by atoms with Gasteiger partial charge in [-0.1, -0.05) is 32.6 Å². The minimum Gasteiger partial charge on any atom is -0.491 e. The Morgan fingerprint density at radius 1 is 1.06 bits per heavy atom. The normalized spacial score (nSPS) is 12.4. The van der Waals surface area contributed by atoms with Gasteiger partial charge in [0, 0.05) is 5.69 Å². The van der Waals surface area contributed by atoms with Crippen molar-refractivity contribution in [2.24, 2.45) is 0 Å². The van der Waals surface area contributed by atoms with Crippen molar-refractivity contribution in [2.75, 3.05) is 5.73 Å². The Morgan fingerprint density at radius 3 is 2.35 bits per heavy atom. The van der Waals surface area contributed by atoms with E-state index in [4.69, 9.17) is 10.5 Å². The Morgan fingerprint density at radius 2 is 1.71 bits per heavy atom. The zero-order valence-corrected chi connectivity index (χ0v) is 11.1. The Kier molecular flexibility index (Phi) is 6.53. The molecule has 0 bridgehead atoms. The molecule has 0 aliphatic heterocycles. The summed E-state index contributed by atoms with van der Waals surface area (Å²) >= 11 is 0. The maximum absolute atomic E-state index is 5.82. The lowest BCUT2D eigenvalue weighted by atomic mass is 10.1. The molecule has 2 N–H and O–H groups in total. The minimum atomic E-state index is 0.292. The molecule has 0 spiro atoms. The predicted octanol–water partition coefficient (Wildman–Crippen LogP) is 4.40. The maximum atomic E-state index is 5.82. The van der Waals surface area contributed by atoms with Gasteiger partial charge in [0.05, 0.1) is 6.10 Å². The van der Waals surface area contributed by atoms with Crippen LogP contribution in [0.2, 0.25) is 0 Å². The van der Waals surface area contributed by atoms with E-state index in [1.54, 1.807) is 0 Å². The molecule has 0 saturated carbocycles. The molecule has 0 fully saturated rings. The molecule has 1 rings (SSSR count). The van der Waals surface area contributed by atoms with E-state index in [-0.39, 0.29) is 0 Å². The molecule has 96 valence electrons. The van der Waals surface area contributed by atoms with E-state index in [1.807, 2.05) is 24.3 Å². The van der Waals surface area contributed by atoms with Crippen LogP contribution in [-0.4, -0.2) is 6.10 Å². The van der Waals surface area contributed by atoms with E-state index in [0.29, 0.717) is 6.10 Å². The minimum absolute atomic E-state index is 0.292. The summed E-state index contributed by atoms with van der Waals surface area (Å²) in [6, 6.07) is 7.62. The van der Waals surface area contributed by atoms with Gasteiger partial charge in [-0.25, -0.2) is 0 Å². The molecule has 2 heteroatoms. The summed E-state index contributed by atoms with van der Waals surface area (Å²) in [6.45, 7) is 4.38. The highest BCUT2D eigenvalue weighted by atomic mass is 16.5. The molecular formula is C15H25NO. The Hall–Kier alpha value is -1.18. The van der Waals surface area contributed by atoms with Gasteiger partial charge in [0.1, 0.15) is 5.75 Å². The third-order valence-electron chi connectivity index (χ3n) is 2.93. The van der Waals surface area contributed by atoms with Crippen LogP contribution in [0.25, 0.3) is 0 Å². The van der Waals surface area contributed by atoms with Crippen molar-refractivity contribution in [3.8, 4) is 5.75 Å². The van der Waals surface area contributed by atoms with E-state index < -0.39 is 0 Å². The molecule has 0 aliphatic carbocycles. The van der Waals surface area contributed by atoms with E-state index >= 15 is 0 Å². The van der Waals surface area contributed by atoms with Gasteiger partial charge in [0.25, 0.3) is 0 Å². The summed E-state index contributed by atoms with van der Waals surface area (Å²) in [5.41, 5.74) is 6.41. The lowest BCUT2D eigenvalue weighted by molar-refractivity contribution is 0.206. The molecule has 0 amide bonds. The van der Waals surface area contributed by atoms with Gasteiger partial charge in [-0.05, 0) is 44.0 Å². The number of hydrogen-bond acceptors (Lipinski definition) is 2. The standard InChI is InChI=1S/C15H25NO/c1-3-4-5-6-7-8-13(2)17-15-11-9-14(16)10-12-15/h9-13H,3-8,16H2,1-2H3. The first kappa shape index (κ1) is 13.9. The number of nitrogen functional groups attached to an aromatic ring is 1. The number of rotatable bonds is 8. The van der Waals surface area contributed by atoms with Crippen molar-refractivity contribution in [3.63, 3.8) is 0 Å².